The Balaban J connectivity index is 2.10. The Bertz CT molecular complexity index is 793. The van der Waals surface area contributed by atoms with Crippen molar-refractivity contribution in [2.75, 3.05) is 7.11 Å². The lowest BCUT2D eigenvalue weighted by Crippen LogP contribution is -2.14. The van der Waals surface area contributed by atoms with Gasteiger partial charge >= 0.3 is 0 Å². The maximum atomic E-state index is 7.42. The highest BCUT2D eigenvalue weighted by Crippen LogP contribution is 2.22. The van der Waals surface area contributed by atoms with Gasteiger partial charge in [0.25, 0.3) is 0 Å². The number of rotatable bonds is 3. The molecular formula is C14H13N5O. The molecule has 0 aliphatic carbocycles. The summed E-state index contributed by atoms with van der Waals surface area (Å²) in [4.78, 5) is 8.45. The number of amidine groups is 1. The number of methoxy groups -OCH3 is 1. The fourth-order valence-corrected chi connectivity index (χ4v) is 1.98. The standard InChI is InChI=1S/C14H13N5O/c1-20-11-3-2-9-7-19(8-10(9)6-11)14-17-5-4-12(18-14)13(15)16/h2-8H,1H3,(H3,15,16). The molecule has 0 unspecified atom stereocenters. The summed E-state index contributed by atoms with van der Waals surface area (Å²) in [7, 11) is 1.64. The van der Waals surface area contributed by atoms with Crippen LogP contribution in [0.3, 0.4) is 0 Å². The Hall–Kier alpha value is -2.89. The van der Waals surface area contributed by atoms with Crippen molar-refractivity contribution in [3.8, 4) is 11.7 Å². The van der Waals surface area contributed by atoms with E-state index >= 15 is 0 Å². The summed E-state index contributed by atoms with van der Waals surface area (Å²) in [5.41, 5.74) is 5.85. The van der Waals surface area contributed by atoms with Crippen molar-refractivity contribution in [1.29, 1.82) is 5.41 Å². The van der Waals surface area contributed by atoms with Crippen molar-refractivity contribution >= 4 is 16.6 Å². The fourth-order valence-electron chi connectivity index (χ4n) is 1.98. The van der Waals surface area contributed by atoms with Gasteiger partial charge in [-0.15, -0.1) is 0 Å². The highest BCUT2D eigenvalue weighted by Gasteiger charge is 2.06. The van der Waals surface area contributed by atoms with Crippen LogP contribution in [0.4, 0.5) is 0 Å². The summed E-state index contributed by atoms with van der Waals surface area (Å²) in [6.07, 6.45) is 5.43. The maximum Gasteiger partial charge on any atom is 0.234 e. The van der Waals surface area contributed by atoms with Crippen LogP contribution >= 0.6 is 0 Å². The van der Waals surface area contributed by atoms with Crippen LogP contribution in [0.5, 0.6) is 5.75 Å². The van der Waals surface area contributed by atoms with E-state index in [0.29, 0.717) is 11.6 Å². The van der Waals surface area contributed by atoms with E-state index < -0.39 is 0 Å². The van der Waals surface area contributed by atoms with Crippen LogP contribution in [-0.2, 0) is 0 Å². The predicted octanol–water partition coefficient (Wildman–Crippen LogP) is 1.71. The Labute approximate surface area is 115 Å². The molecule has 0 spiro atoms. The first kappa shape index (κ1) is 12.2. The predicted molar refractivity (Wildman–Crippen MR) is 76.4 cm³/mol. The van der Waals surface area contributed by atoms with Crippen molar-refractivity contribution in [3.05, 3.63) is 48.5 Å². The molecule has 0 atom stereocenters. The van der Waals surface area contributed by atoms with Crippen molar-refractivity contribution in [2.24, 2.45) is 5.73 Å². The number of ether oxygens (including phenoxy) is 1. The number of benzene rings is 1. The molecule has 3 rings (SSSR count). The largest absolute Gasteiger partial charge is 0.497 e. The molecular weight excluding hydrogens is 254 g/mol. The second-order valence-electron chi connectivity index (χ2n) is 4.32. The lowest BCUT2D eigenvalue weighted by atomic mass is 10.2. The Kier molecular flexibility index (Phi) is 2.83. The van der Waals surface area contributed by atoms with Gasteiger partial charge in [-0.25, -0.2) is 9.97 Å². The van der Waals surface area contributed by atoms with Gasteiger partial charge < -0.3 is 10.5 Å². The second-order valence-corrected chi connectivity index (χ2v) is 4.32. The SMILES string of the molecule is COc1ccc2cn(-c3nccc(C(=N)N)n3)cc2c1. The van der Waals surface area contributed by atoms with E-state index in [2.05, 4.69) is 9.97 Å². The summed E-state index contributed by atoms with van der Waals surface area (Å²) in [5, 5.41) is 9.50. The summed E-state index contributed by atoms with van der Waals surface area (Å²) in [5.74, 6) is 1.20. The first-order valence-corrected chi connectivity index (χ1v) is 6.01. The number of hydrogen-bond acceptors (Lipinski definition) is 4. The molecule has 0 saturated heterocycles. The molecule has 0 saturated carbocycles. The normalized spacial score (nSPS) is 10.7. The van der Waals surface area contributed by atoms with Crippen molar-refractivity contribution in [3.63, 3.8) is 0 Å². The lowest BCUT2D eigenvalue weighted by Gasteiger charge is -2.02. The summed E-state index contributed by atoms with van der Waals surface area (Å²) < 4.78 is 7.00. The lowest BCUT2D eigenvalue weighted by molar-refractivity contribution is 0.415. The van der Waals surface area contributed by atoms with Gasteiger partial charge in [-0.1, -0.05) is 0 Å². The van der Waals surface area contributed by atoms with E-state index in [-0.39, 0.29) is 5.84 Å². The van der Waals surface area contributed by atoms with Crippen LogP contribution in [-0.4, -0.2) is 27.5 Å². The molecule has 2 aromatic heterocycles. The van der Waals surface area contributed by atoms with Crippen LogP contribution < -0.4 is 10.5 Å². The molecule has 0 aliphatic heterocycles. The van der Waals surface area contributed by atoms with Gasteiger partial charge in [-0.05, 0) is 24.3 Å². The van der Waals surface area contributed by atoms with Crippen molar-refractivity contribution < 1.29 is 4.74 Å². The molecule has 0 fully saturated rings. The van der Waals surface area contributed by atoms with Gasteiger partial charge in [-0.2, -0.15) is 0 Å². The van der Waals surface area contributed by atoms with Gasteiger partial charge in [0.2, 0.25) is 5.95 Å². The zero-order valence-electron chi connectivity index (χ0n) is 10.9. The van der Waals surface area contributed by atoms with Crippen molar-refractivity contribution in [2.45, 2.75) is 0 Å². The number of nitrogens with one attached hydrogen (secondary N) is 1. The third kappa shape index (κ3) is 2.07. The van der Waals surface area contributed by atoms with Gasteiger partial charge in [0.15, 0.2) is 0 Å². The molecule has 0 amide bonds. The Morgan fingerprint density at radius 1 is 1.25 bits per heavy atom. The van der Waals surface area contributed by atoms with Crippen LogP contribution in [0.2, 0.25) is 0 Å². The zero-order valence-corrected chi connectivity index (χ0v) is 10.9. The molecule has 0 bridgehead atoms. The third-order valence-corrected chi connectivity index (χ3v) is 3.00. The molecule has 1 aromatic carbocycles. The van der Waals surface area contributed by atoms with E-state index in [0.717, 1.165) is 16.5 Å². The quantitative estimate of drug-likeness (QED) is 0.558. The highest BCUT2D eigenvalue weighted by atomic mass is 16.5. The van der Waals surface area contributed by atoms with Crippen LogP contribution in [0.15, 0.2) is 42.9 Å². The molecule has 20 heavy (non-hydrogen) atoms. The van der Waals surface area contributed by atoms with Gasteiger partial charge in [0, 0.05) is 29.4 Å². The number of fused-ring (bicyclic) bond motifs is 1. The molecule has 6 heteroatoms. The highest BCUT2D eigenvalue weighted by molar-refractivity contribution is 5.93. The number of hydrogen-bond donors (Lipinski definition) is 2. The molecule has 6 nitrogen and oxygen atoms in total. The average Bonchev–Trinajstić information content (AvgIpc) is 2.90. The van der Waals surface area contributed by atoms with Gasteiger partial charge in [0.05, 0.1) is 7.11 Å². The number of aromatic nitrogens is 3. The molecule has 3 aromatic rings. The minimum Gasteiger partial charge on any atom is -0.497 e. The molecule has 0 radical (unpaired) electrons. The number of nitrogens with two attached hydrogens (primary N) is 1. The van der Waals surface area contributed by atoms with E-state index in [9.17, 15) is 0 Å². The molecule has 2 heterocycles. The van der Waals surface area contributed by atoms with Gasteiger partial charge in [0.1, 0.15) is 17.3 Å². The Morgan fingerprint density at radius 3 is 2.80 bits per heavy atom. The maximum absolute atomic E-state index is 7.42. The minimum atomic E-state index is -0.0768. The fraction of sp³-hybridized carbons (Fsp3) is 0.0714. The molecule has 100 valence electrons. The average molecular weight is 267 g/mol. The second kappa shape index (κ2) is 4.65. The number of nitrogen functional groups attached to an aromatic ring is 1. The van der Waals surface area contributed by atoms with Crippen LogP contribution in [0.1, 0.15) is 5.69 Å². The molecule has 3 N–H and O–H groups in total. The summed E-state index contributed by atoms with van der Waals surface area (Å²) in [6, 6.07) is 7.43. The summed E-state index contributed by atoms with van der Waals surface area (Å²) >= 11 is 0. The molecule has 0 aliphatic rings. The Morgan fingerprint density at radius 2 is 2.05 bits per heavy atom. The number of nitrogens with zero attached hydrogens (tertiary/aromatic N) is 3. The minimum absolute atomic E-state index is 0.0768. The zero-order chi connectivity index (χ0) is 14.1. The van der Waals surface area contributed by atoms with Gasteiger partial charge in [-0.3, -0.25) is 9.98 Å². The smallest absolute Gasteiger partial charge is 0.234 e. The van der Waals surface area contributed by atoms with E-state index in [1.807, 2.05) is 30.6 Å². The summed E-state index contributed by atoms with van der Waals surface area (Å²) in [6.45, 7) is 0. The van der Waals surface area contributed by atoms with E-state index in [1.54, 1.807) is 23.9 Å². The monoisotopic (exact) mass is 267 g/mol. The van der Waals surface area contributed by atoms with Crippen molar-refractivity contribution in [1.82, 2.24) is 14.5 Å². The first-order chi connectivity index (χ1) is 9.67. The topological polar surface area (TPSA) is 89.8 Å². The van der Waals surface area contributed by atoms with E-state index in [1.165, 1.54) is 0 Å². The van der Waals surface area contributed by atoms with E-state index in [4.69, 9.17) is 15.9 Å². The van der Waals surface area contributed by atoms with Crippen LogP contribution in [0, 0.1) is 5.41 Å². The third-order valence-electron chi connectivity index (χ3n) is 3.00. The van der Waals surface area contributed by atoms with Crippen LogP contribution in [0.25, 0.3) is 16.7 Å². The first-order valence-electron chi connectivity index (χ1n) is 6.01.